The fourth-order valence-electron chi connectivity index (χ4n) is 2.67. The van der Waals surface area contributed by atoms with Crippen LogP contribution in [0.4, 0.5) is 0 Å². The van der Waals surface area contributed by atoms with Crippen LogP contribution in [0.15, 0.2) is 60.0 Å². The molecule has 0 saturated carbocycles. The maximum atomic E-state index is 12.6. The summed E-state index contributed by atoms with van der Waals surface area (Å²) >= 11 is 1.57. The average Bonchev–Trinajstić information content (AvgIpc) is 3.24. The van der Waals surface area contributed by atoms with Crippen LogP contribution in [-0.4, -0.2) is 28.2 Å². The number of aromatic amines is 1. The lowest BCUT2D eigenvalue weighted by molar-refractivity contribution is 0.0935. The van der Waals surface area contributed by atoms with Crippen LogP contribution in [0.2, 0.25) is 0 Å². The summed E-state index contributed by atoms with van der Waals surface area (Å²) in [4.78, 5) is 16.7. The number of nitrogens with one attached hydrogen (secondary N) is 2. The molecular weight excluding hydrogens is 360 g/mol. The lowest BCUT2D eigenvalue weighted by atomic mass is 10.0. The second-order valence-corrected chi connectivity index (χ2v) is 6.95. The van der Waals surface area contributed by atoms with E-state index in [2.05, 4.69) is 27.4 Å². The van der Waals surface area contributed by atoms with Crippen molar-refractivity contribution < 1.29 is 9.53 Å². The molecule has 2 N–H and O–H groups in total. The van der Waals surface area contributed by atoms with Gasteiger partial charge in [0.1, 0.15) is 12.1 Å². The number of nitrogens with zero attached hydrogens (tertiary/aromatic N) is 2. The van der Waals surface area contributed by atoms with Crippen LogP contribution in [0.25, 0.3) is 0 Å². The summed E-state index contributed by atoms with van der Waals surface area (Å²) in [6.07, 6.45) is 2.30. The van der Waals surface area contributed by atoms with Crippen LogP contribution < -0.4 is 10.1 Å². The van der Waals surface area contributed by atoms with Crippen molar-refractivity contribution >= 4 is 17.7 Å². The van der Waals surface area contributed by atoms with E-state index in [1.807, 2.05) is 48.5 Å². The van der Waals surface area contributed by atoms with Gasteiger partial charge >= 0.3 is 0 Å². The lowest BCUT2D eigenvalue weighted by Gasteiger charge is -2.18. The van der Waals surface area contributed by atoms with Gasteiger partial charge in [0.2, 0.25) is 0 Å². The first-order valence-electron chi connectivity index (χ1n) is 8.71. The first-order chi connectivity index (χ1) is 13.2. The number of H-pyrrole nitrogens is 1. The fourth-order valence-corrected chi connectivity index (χ4v) is 3.40. The Morgan fingerprint density at radius 3 is 2.52 bits per heavy atom. The predicted molar refractivity (Wildman–Crippen MR) is 106 cm³/mol. The number of hydrogen-bond acceptors (Lipinski definition) is 5. The summed E-state index contributed by atoms with van der Waals surface area (Å²) in [5, 5.41) is 10.5. The van der Waals surface area contributed by atoms with Crippen LogP contribution in [0.1, 0.15) is 40.9 Å². The summed E-state index contributed by atoms with van der Waals surface area (Å²) in [6, 6.07) is 15.4. The van der Waals surface area contributed by atoms with E-state index in [0.717, 1.165) is 34.2 Å². The Hall–Kier alpha value is -2.80. The van der Waals surface area contributed by atoms with E-state index in [4.69, 9.17) is 4.74 Å². The monoisotopic (exact) mass is 382 g/mol. The molecule has 0 bridgehead atoms. The smallest absolute Gasteiger partial charge is 0.251 e. The summed E-state index contributed by atoms with van der Waals surface area (Å²) < 4.78 is 5.19. The Morgan fingerprint density at radius 2 is 1.93 bits per heavy atom. The molecule has 0 aliphatic carbocycles. The van der Waals surface area contributed by atoms with Crippen LogP contribution in [0.5, 0.6) is 5.75 Å². The van der Waals surface area contributed by atoms with Gasteiger partial charge in [0.15, 0.2) is 5.16 Å². The second-order valence-electron chi connectivity index (χ2n) is 5.98. The van der Waals surface area contributed by atoms with E-state index in [9.17, 15) is 4.79 Å². The second kappa shape index (κ2) is 9.23. The Morgan fingerprint density at radius 1 is 1.19 bits per heavy atom. The summed E-state index contributed by atoms with van der Waals surface area (Å²) in [7, 11) is 1.64. The zero-order valence-electron chi connectivity index (χ0n) is 15.3. The van der Waals surface area contributed by atoms with E-state index in [0.29, 0.717) is 5.56 Å². The Kier molecular flexibility index (Phi) is 6.49. The van der Waals surface area contributed by atoms with Crippen molar-refractivity contribution in [3.63, 3.8) is 0 Å². The van der Waals surface area contributed by atoms with Gasteiger partial charge in [-0.1, -0.05) is 43.0 Å². The zero-order valence-corrected chi connectivity index (χ0v) is 16.1. The summed E-state index contributed by atoms with van der Waals surface area (Å²) in [5.41, 5.74) is 2.83. The van der Waals surface area contributed by atoms with Crippen molar-refractivity contribution in [1.29, 1.82) is 0 Å². The molecule has 7 heteroatoms. The number of hydrogen-bond donors (Lipinski definition) is 2. The highest BCUT2D eigenvalue weighted by Crippen LogP contribution is 2.21. The molecule has 1 amide bonds. The van der Waals surface area contributed by atoms with E-state index < -0.39 is 0 Å². The molecule has 2 aromatic carbocycles. The molecule has 1 unspecified atom stereocenters. The highest BCUT2D eigenvalue weighted by atomic mass is 32.2. The summed E-state index contributed by atoms with van der Waals surface area (Å²) in [5.74, 6) is 1.49. The van der Waals surface area contributed by atoms with Gasteiger partial charge in [-0.2, -0.15) is 5.10 Å². The summed E-state index contributed by atoms with van der Waals surface area (Å²) in [6.45, 7) is 2.05. The van der Waals surface area contributed by atoms with Crippen LogP contribution in [0.3, 0.4) is 0 Å². The number of benzene rings is 2. The first kappa shape index (κ1) is 19.0. The maximum absolute atomic E-state index is 12.6. The van der Waals surface area contributed by atoms with Crippen molar-refractivity contribution in [2.75, 3.05) is 7.11 Å². The highest BCUT2D eigenvalue weighted by Gasteiger charge is 2.14. The Bertz CT molecular complexity index is 849. The molecule has 3 aromatic rings. The molecule has 27 heavy (non-hydrogen) atoms. The topological polar surface area (TPSA) is 79.9 Å². The van der Waals surface area contributed by atoms with E-state index in [1.165, 1.54) is 6.33 Å². The zero-order chi connectivity index (χ0) is 19.1. The third-order valence-corrected chi connectivity index (χ3v) is 5.16. The number of carbonyl (C=O) groups is 1. The van der Waals surface area contributed by atoms with Gasteiger partial charge in [0, 0.05) is 11.3 Å². The SMILES string of the molecule is CCC(NC(=O)c1ccc(CSc2ncn[nH]2)cc1)c1ccc(OC)cc1. The molecule has 0 saturated heterocycles. The lowest BCUT2D eigenvalue weighted by Crippen LogP contribution is -2.28. The van der Waals surface area contributed by atoms with Crippen LogP contribution in [-0.2, 0) is 5.75 Å². The minimum absolute atomic E-state index is 0.0370. The van der Waals surface area contributed by atoms with E-state index in [1.54, 1.807) is 18.9 Å². The molecule has 6 nitrogen and oxygen atoms in total. The molecule has 0 radical (unpaired) electrons. The van der Waals surface area contributed by atoms with Gasteiger partial charge < -0.3 is 10.1 Å². The molecule has 0 fully saturated rings. The van der Waals surface area contributed by atoms with Crippen molar-refractivity contribution in [3.05, 3.63) is 71.5 Å². The molecule has 1 atom stereocenters. The molecule has 1 aromatic heterocycles. The van der Waals surface area contributed by atoms with Crippen LogP contribution in [0, 0.1) is 0 Å². The van der Waals surface area contributed by atoms with Crippen molar-refractivity contribution in [2.24, 2.45) is 0 Å². The van der Waals surface area contributed by atoms with Gasteiger partial charge in [0.25, 0.3) is 5.91 Å². The number of methoxy groups -OCH3 is 1. The minimum atomic E-state index is -0.0768. The predicted octanol–water partition coefficient (Wildman–Crippen LogP) is 3.99. The van der Waals surface area contributed by atoms with Gasteiger partial charge in [-0.25, -0.2) is 4.98 Å². The number of thioether (sulfide) groups is 1. The van der Waals surface area contributed by atoms with Crippen molar-refractivity contribution in [3.8, 4) is 5.75 Å². The number of amides is 1. The normalized spacial score (nSPS) is 11.8. The third-order valence-electron chi connectivity index (χ3n) is 4.22. The Labute approximate surface area is 162 Å². The first-order valence-corrected chi connectivity index (χ1v) is 9.70. The molecule has 1 heterocycles. The molecular formula is C20H22N4O2S. The molecule has 0 aliphatic rings. The highest BCUT2D eigenvalue weighted by molar-refractivity contribution is 7.98. The third kappa shape index (κ3) is 5.10. The number of rotatable bonds is 8. The number of ether oxygens (including phenoxy) is 1. The number of carbonyl (C=O) groups excluding carboxylic acids is 1. The molecule has 140 valence electrons. The van der Waals surface area contributed by atoms with Gasteiger partial charge in [0.05, 0.1) is 13.2 Å². The quantitative estimate of drug-likeness (QED) is 0.576. The largest absolute Gasteiger partial charge is 0.497 e. The van der Waals surface area contributed by atoms with Gasteiger partial charge in [-0.05, 0) is 41.8 Å². The van der Waals surface area contributed by atoms with Gasteiger partial charge in [-0.15, -0.1) is 0 Å². The standard InChI is InChI=1S/C20H22N4O2S/c1-3-18(15-8-10-17(26-2)11-9-15)23-19(25)16-6-4-14(5-7-16)12-27-20-21-13-22-24-20/h4-11,13,18H,3,12H2,1-2H3,(H,23,25)(H,21,22,24). The van der Waals surface area contributed by atoms with Gasteiger partial charge in [-0.3, -0.25) is 9.89 Å². The number of aromatic nitrogens is 3. The minimum Gasteiger partial charge on any atom is -0.497 e. The Balaban J connectivity index is 1.60. The van der Waals surface area contributed by atoms with Crippen molar-refractivity contribution in [2.45, 2.75) is 30.3 Å². The van der Waals surface area contributed by atoms with E-state index >= 15 is 0 Å². The van der Waals surface area contributed by atoms with E-state index in [-0.39, 0.29) is 11.9 Å². The molecule has 3 rings (SSSR count). The molecule has 0 aliphatic heterocycles. The molecule has 0 spiro atoms. The average molecular weight is 382 g/mol. The van der Waals surface area contributed by atoms with Crippen molar-refractivity contribution in [1.82, 2.24) is 20.5 Å². The van der Waals surface area contributed by atoms with Crippen LogP contribution >= 0.6 is 11.8 Å². The fraction of sp³-hybridized carbons (Fsp3) is 0.250. The maximum Gasteiger partial charge on any atom is 0.251 e.